The van der Waals surface area contributed by atoms with Crippen LogP contribution in [0.1, 0.15) is 18.5 Å². The fourth-order valence-electron chi connectivity index (χ4n) is 3.63. The van der Waals surface area contributed by atoms with E-state index in [-0.39, 0.29) is 23.8 Å². The molecule has 1 amide bonds. The number of hydrogen-bond acceptors (Lipinski definition) is 8. The van der Waals surface area contributed by atoms with Gasteiger partial charge in [0.2, 0.25) is 5.91 Å². The Morgan fingerprint density at radius 2 is 1.95 bits per heavy atom. The van der Waals surface area contributed by atoms with E-state index in [4.69, 9.17) is 14.6 Å². The summed E-state index contributed by atoms with van der Waals surface area (Å²) in [5.41, 5.74) is 3.42. The van der Waals surface area contributed by atoms with Crippen LogP contribution in [0.2, 0.25) is 0 Å². The Hall–Kier alpha value is -4.73. The zero-order valence-electron chi connectivity index (χ0n) is 22.2. The van der Waals surface area contributed by atoms with E-state index in [1.807, 2.05) is 18.2 Å². The summed E-state index contributed by atoms with van der Waals surface area (Å²) in [5.74, 6) is -2.84. The molecule has 4 aromatic rings. The van der Waals surface area contributed by atoms with Gasteiger partial charge in [-0.2, -0.15) is 18.3 Å². The van der Waals surface area contributed by atoms with Crippen LogP contribution in [0.5, 0.6) is 0 Å². The van der Waals surface area contributed by atoms with Crippen molar-refractivity contribution in [1.29, 1.82) is 0 Å². The Morgan fingerprint density at radius 1 is 1.20 bits per heavy atom. The number of ether oxygens (including phenoxy) is 1. The molecule has 16 heteroatoms. The number of carbonyl (C=O) groups is 2. The van der Waals surface area contributed by atoms with Gasteiger partial charge < -0.3 is 25.5 Å². The normalized spacial score (nSPS) is 11.1. The highest BCUT2D eigenvalue weighted by Crippen LogP contribution is 2.17. The van der Waals surface area contributed by atoms with Crippen molar-refractivity contribution in [3.63, 3.8) is 0 Å². The average Bonchev–Trinajstić information content (AvgIpc) is 3.55. The second kappa shape index (κ2) is 14.1. The summed E-state index contributed by atoms with van der Waals surface area (Å²) >= 11 is 0. The number of H-pyrrole nitrogens is 1. The summed E-state index contributed by atoms with van der Waals surface area (Å²) in [4.78, 5) is 46.7. The van der Waals surface area contributed by atoms with E-state index in [2.05, 4.69) is 30.7 Å². The van der Waals surface area contributed by atoms with Crippen LogP contribution in [0, 0.1) is 0 Å². The number of carboxylic acids is 1. The molecule has 0 aliphatic rings. The highest BCUT2D eigenvalue weighted by molar-refractivity contribution is 5.78. The molecular formula is C25H29F3N8O5. The Balaban J connectivity index is 0.000000587. The van der Waals surface area contributed by atoms with Crippen molar-refractivity contribution in [3.05, 3.63) is 59.0 Å². The minimum Gasteiger partial charge on any atom is -0.475 e. The van der Waals surface area contributed by atoms with Crippen LogP contribution in [0.4, 0.5) is 19.0 Å². The molecule has 0 unspecified atom stereocenters. The number of amides is 1. The first-order valence-corrected chi connectivity index (χ1v) is 12.3. The lowest BCUT2D eigenvalue weighted by molar-refractivity contribution is -0.192. The Kier molecular flexibility index (Phi) is 10.6. The summed E-state index contributed by atoms with van der Waals surface area (Å²) in [6.45, 7) is 1.38. The first kappa shape index (κ1) is 30.8. The number of anilines is 1. The summed E-state index contributed by atoms with van der Waals surface area (Å²) in [7, 11) is 3.45. The van der Waals surface area contributed by atoms with Gasteiger partial charge >= 0.3 is 12.1 Å². The number of alkyl halides is 3. The molecule has 220 valence electrons. The molecule has 4 heterocycles. The lowest BCUT2D eigenvalue weighted by atomic mass is 10.2. The van der Waals surface area contributed by atoms with Gasteiger partial charge in [0.15, 0.2) is 5.82 Å². The number of fused-ring (bicyclic) bond motifs is 1. The minimum atomic E-state index is -5.08. The predicted octanol–water partition coefficient (Wildman–Crippen LogP) is 2.31. The Labute approximate surface area is 231 Å². The van der Waals surface area contributed by atoms with Crippen LogP contribution in [0.25, 0.3) is 22.3 Å². The van der Waals surface area contributed by atoms with Gasteiger partial charge in [0.05, 0.1) is 35.7 Å². The lowest BCUT2D eigenvalue weighted by Gasteiger charge is -2.14. The first-order chi connectivity index (χ1) is 19.5. The van der Waals surface area contributed by atoms with Crippen molar-refractivity contribution < 1.29 is 32.6 Å². The third-order valence-corrected chi connectivity index (χ3v) is 5.59. The number of aromatic nitrogens is 6. The highest BCUT2D eigenvalue weighted by atomic mass is 19.4. The first-order valence-electron chi connectivity index (χ1n) is 12.3. The molecule has 13 nitrogen and oxygen atoms in total. The van der Waals surface area contributed by atoms with Crippen molar-refractivity contribution in [2.24, 2.45) is 7.05 Å². The van der Waals surface area contributed by atoms with Gasteiger partial charge in [-0.1, -0.05) is 0 Å². The number of aromatic amines is 1. The number of methoxy groups -OCH3 is 1. The number of carboxylic acid groups (broad SMARTS) is 1. The number of hydrogen-bond donors (Lipinski definition) is 4. The number of halogens is 3. The molecule has 0 saturated carbocycles. The number of aliphatic carboxylic acids is 1. The number of aryl methyl sites for hydroxylation is 1. The summed E-state index contributed by atoms with van der Waals surface area (Å²) in [6.07, 6.45) is 3.35. The number of unbranched alkanes of at least 4 members (excludes halogenated alkanes) is 1. The summed E-state index contributed by atoms with van der Waals surface area (Å²) < 4.78 is 39.8. The van der Waals surface area contributed by atoms with Gasteiger partial charge in [-0.15, -0.1) is 0 Å². The van der Waals surface area contributed by atoms with E-state index in [0.29, 0.717) is 31.0 Å². The molecule has 0 aromatic carbocycles. The number of pyridine rings is 1. The van der Waals surface area contributed by atoms with Gasteiger partial charge in [-0.05, 0) is 31.0 Å². The van der Waals surface area contributed by atoms with Gasteiger partial charge in [0.1, 0.15) is 6.54 Å². The molecule has 0 aliphatic heterocycles. The van der Waals surface area contributed by atoms with E-state index < -0.39 is 12.1 Å². The Bertz CT molecular complexity index is 1500. The molecule has 0 radical (unpaired) electrons. The topological polar surface area (TPSA) is 169 Å². The second-order valence-corrected chi connectivity index (χ2v) is 8.72. The molecule has 0 atom stereocenters. The zero-order valence-corrected chi connectivity index (χ0v) is 22.2. The average molecular weight is 579 g/mol. The summed E-state index contributed by atoms with van der Waals surface area (Å²) in [6, 6.07) is 5.66. The van der Waals surface area contributed by atoms with Crippen LogP contribution < -0.4 is 16.2 Å². The van der Waals surface area contributed by atoms with Crippen LogP contribution in [-0.2, 0) is 34.5 Å². The number of nitrogens with one attached hydrogen (secondary N) is 3. The molecule has 0 saturated heterocycles. The van der Waals surface area contributed by atoms with Crippen molar-refractivity contribution in [2.75, 3.05) is 25.6 Å². The smallest absolute Gasteiger partial charge is 0.475 e. The standard InChI is InChI=1S/C23H28N8O3.C2HF3O2/c1-30-14-16(11-28-30)20-13-27-22(25-7-3-4-9-34-2)23(33)31(20)15-21(32)26-12-17-10-19-18(29-17)6-5-8-24-19;3-2(4,5)1(6)7/h5-6,8,10-11,13-14,29H,3-4,7,9,12,15H2,1-2H3,(H,25,27)(H,26,32);(H,6,7). The number of nitrogens with zero attached hydrogens (tertiary/aromatic N) is 5. The SMILES string of the molecule is COCCCCNc1ncc(-c2cnn(C)c2)n(CC(=O)NCc2cc3ncccc3[nH]2)c1=O.O=C(O)C(F)(F)F. The fourth-order valence-corrected chi connectivity index (χ4v) is 3.63. The van der Waals surface area contributed by atoms with Crippen LogP contribution in [0.15, 0.2) is 47.8 Å². The monoisotopic (exact) mass is 578 g/mol. The molecule has 0 spiro atoms. The molecule has 4 rings (SSSR count). The van der Waals surface area contributed by atoms with Crippen LogP contribution >= 0.6 is 0 Å². The largest absolute Gasteiger partial charge is 0.490 e. The molecule has 4 aromatic heterocycles. The quantitative estimate of drug-likeness (QED) is 0.195. The predicted molar refractivity (Wildman–Crippen MR) is 142 cm³/mol. The molecule has 41 heavy (non-hydrogen) atoms. The van der Waals surface area contributed by atoms with E-state index in [1.165, 1.54) is 4.57 Å². The molecule has 0 aliphatic carbocycles. The molecule has 0 fully saturated rings. The van der Waals surface area contributed by atoms with Crippen LogP contribution in [-0.4, -0.2) is 72.7 Å². The van der Waals surface area contributed by atoms with Gasteiger partial charge in [-0.25, -0.2) is 9.78 Å². The zero-order chi connectivity index (χ0) is 30.0. The minimum absolute atomic E-state index is 0.150. The third-order valence-electron chi connectivity index (χ3n) is 5.59. The fraction of sp³-hybridized carbons (Fsp3) is 0.360. The maximum Gasteiger partial charge on any atom is 0.490 e. The van der Waals surface area contributed by atoms with Crippen molar-refractivity contribution in [3.8, 4) is 11.3 Å². The summed E-state index contributed by atoms with van der Waals surface area (Å²) in [5, 5.41) is 17.3. The van der Waals surface area contributed by atoms with E-state index in [1.54, 1.807) is 43.6 Å². The van der Waals surface area contributed by atoms with Gasteiger partial charge in [0, 0.05) is 51.0 Å². The molecule has 4 N–H and O–H groups in total. The molecular weight excluding hydrogens is 549 g/mol. The van der Waals surface area contributed by atoms with E-state index in [0.717, 1.165) is 29.6 Å². The van der Waals surface area contributed by atoms with E-state index >= 15 is 0 Å². The second-order valence-electron chi connectivity index (χ2n) is 8.72. The van der Waals surface area contributed by atoms with Gasteiger partial charge in [0.25, 0.3) is 5.56 Å². The lowest BCUT2D eigenvalue weighted by Crippen LogP contribution is -2.34. The van der Waals surface area contributed by atoms with Crippen molar-refractivity contribution >= 4 is 28.7 Å². The van der Waals surface area contributed by atoms with Crippen molar-refractivity contribution in [2.45, 2.75) is 32.1 Å². The third kappa shape index (κ3) is 8.89. The number of rotatable bonds is 11. The maximum absolute atomic E-state index is 13.2. The maximum atomic E-state index is 13.2. The number of carbonyl (C=O) groups excluding carboxylic acids is 1. The Morgan fingerprint density at radius 3 is 2.59 bits per heavy atom. The van der Waals surface area contributed by atoms with E-state index in [9.17, 15) is 22.8 Å². The molecule has 0 bridgehead atoms. The van der Waals surface area contributed by atoms with Crippen LogP contribution in [0.3, 0.4) is 0 Å². The highest BCUT2D eigenvalue weighted by Gasteiger charge is 2.38. The van der Waals surface area contributed by atoms with Crippen molar-refractivity contribution in [1.82, 2.24) is 34.6 Å². The van der Waals surface area contributed by atoms with Gasteiger partial charge in [-0.3, -0.25) is 23.8 Å².